The molecule has 1 aliphatic rings. The maximum Gasteiger partial charge on any atom is 0.416 e. The summed E-state index contributed by atoms with van der Waals surface area (Å²) in [7, 11) is 0. The molecule has 19 heavy (non-hydrogen) atoms. The lowest BCUT2D eigenvalue weighted by Crippen LogP contribution is -2.20. The van der Waals surface area contributed by atoms with Crippen molar-refractivity contribution in [3.8, 4) is 5.69 Å². The van der Waals surface area contributed by atoms with E-state index in [1.165, 1.54) is 12.1 Å². The largest absolute Gasteiger partial charge is 0.416 e. The van der Waals surface area contributed by atoms with Gasteiger partial charge in [-0.05, 0) is 18.2 Å². The molecular weight excluding hydrogens is 259 g/mol. The second-order valence-electron chi connectivity index (χ2n) is 4.36. The van der Waals surface area contributed by atoms with Crippen LogP contribution < -0.4 is 10.9 Å². The monoisotopic (exact) mass is 269 g/mol. The van der Waals surface area contributed by atoms with Crippen molar-refractivity contribution in [3.63, 3.8) is 0 Å². The summed E-state index contributed by atoms with van der Waals surface area (Å²) in [6.07, 6.45) is -4.42. The van der Waals surface area contributed by atoms with E-state index in [4.69, 9.17) is 0 Å². The van der Waals surface area contributed by atoms with E-state index in [9.17, 15) is 18.0 Å². The Hall–Kier alpha value is -2.02. The number of H-pyrrole nitrogens is 1. The summed E-state index contributed by atoms with van der Waals surface area (Å²) >= 11 is 0. The molecule has 1 aliphatic heterocycles. The van der Waals surface area contributed by atoms with Crippen LogP contribution in [0.15, 0.2) is 29.1 Å². The summed E-state index contributed by atoms with van der Waals surface area (Å²) in [6.45, 7) is 0.965. The summed E-state index contributed by atoms with van der Waals surface area (Å²) in [4.78, 5) is 12.0. The number of fused-ring (bicyclic) bond motifs is 1. The second kappa shape index (κ2) is 3.99. The van der Waals surface area contributed by atoms with E-state index in [0.29, 0.717) is 18.7 Å². The summed E-state index contributed by atoms with van der Waals surface area (Å²) in [5.41, 5.74) is 0.415. The molecule has 2 N–H and O–H groups in total. The summed E-state index contributed by atoms with van der Waals surface area (Å²) in [5.74, 6) is 0. The molecule has 1 aromatic heterocycles. The van der Waals surface area contributed by atoms with Gasteiger partial charge in [-0.25, -0.2) is 4.68 Å². The van der Waals surface area contributed by atoms with Gasteiger partial charge < -0.3 is 5.32 Å². The minimum absolute atomic E-state index is 0.189. The second-order valence-corrected chi connectivity index (χ2v) is 4.36. The predicted octanol–water partition coefficient (Wildman–Crippen LogP) is 1.79. The number of benzene rings is 1. The molecule has 0 radical (unpaired) electrons. The number of nitrogens with zero attached hydrogens (tertiary/aromatic N) is 1. The zero-order chi connectivity index (χ0) is 13.6. The van der Waals surface area contributed by atoms with Crippen molar-refractivity contribution in [1.82, 2.24) is 15.1 Å². The van der Waals surface area contributed by atoms with E-state index in [0.717, 1.165) is 22.5 Å². The predicted molar refractivity (Wildman–Crippen MR) is 61.9 cm³/mol. The van der Waals surface area contributed by atoms with Crippen molar-refractivity contribution in [1.29, 1.82) is 0 Å². The summed E-state index contributed by atoms with van der Waals surface area (Å²) < 4.78 is 39.1. The van der Waals surface area contributed by atoms with Crippen molar-refractivity contribution in [2.75, 3.05) is 0 Å². The first-order valence-electron chi connectivity index (χ1n) is 5.68. The first-order valence-corrected chi connectivity index (χ1v) is 5.68. The highest BCUT2D eigenvalue weighted by molar-refractivity contribution is 5.38. The molecule has 0 aliphatic carbocycles. The normalized spacial score (nSPS) is 14.7. The van der Waals surface area contributed by atoms with Gasteiger partial charge in [0.1, 0.15) is 0 Å². The van der Waals surface area contributed by atoms with Crippen LogP contribution in [0.5, 0.6) is 0 Å². The molecule has 0 spiro atoms. The maximum absolute atomic E-state index is 12.6. The van der Waals surface area contributed by atoms with E-state index >= 15 is 0 Å². The molecule has 7 heteroatoms. The molecule has 3 rings (SSSR count). The number of hydrogen-bond donors (Lipinski definition) is 2. The van der Waals surface area contributed by atoms with Crippen molar-refractivity contribution in [2.45, 2.75) is 19.3 Å². The van der Waals surface area contributed by atoms with Crippen LogP contribution in [0.2, 0.25) is 0 Å². The van der Waals surface area contributed by atoms with Crippen LogP contribution in [-0.2, 0) is 19.3 Å². The molecule has 0 saturated carbocycles. The van der Waals surface area contributed by atoms with Crippen LogP contribution in [-0.4, -0.2) is 9.78 Å². The fraction of sp³-hybridized carbons (Fsp3) is 0.250. The van der Waals surface area contributed by atoms with Gasteiger partial charge >= 0.3 is 6.18 Å². The molecule has 0 bridgehead atoms. The Balaban J connectivity index is 2.11. The Morgan fingerprint density at radius 3 is 2.68 bits per heavy atom. The molecule has 0 atom stereocenters. The third kappa shape index (κ3) is 1.95. The van der Waals surface area contributed by atoms with Gasteiger partial charge in [-0.2, -0.15) is 13.2 Å². The molecule has 0 saturated heterocycles. The Labute approximate surface area is 105 Å². The Bertz CT molecular complexity index is 684. The van der Waals surface area contributed by atoms with Gasteiger partial charge in [-0.15, -0.1) is 0 Å². The lowest BCUT2D eigenvalue weighted by Gasteiger charge is -2.09. The highest BCUT2D eigenvalue weighted by Gasteiger charge is 2.31. The molecule has 100 valence electrons. The third-order valence-corrected chi connectivity index (χ3v) is 3.11. The van der Waals surface area contributed by atoms with E-state index in [2.05, 4.69) is 10.4 Å². The molecule has 2 aromatic rings. The quantitative estimate of drug-likeness (QED) is 0.829. The van der Waals surface area contributed by atoms with Gasteiger partial charge in [0.25, 0.3) is 5.56 Å². The Kier molecular flexibility index (Phi) is 2.53. The van der Waals surface area contributed by atoms with Crippen LogP contribution in [0, 0.1) is 0 Å². The van der Waals surface area contributed by atoms with Crippen LogP contribution in [0.25, 0.3) is 5.69 Å². The Morgan fingerprint density at radius 2 is 2.00 bits per heavy atom. The van der Waals surface area contributed by atoms with Crippen molar-refractivity contribution in [2.24, 2.45) is 0 Å². The Morgan fingerprint density at radius 1 is 1.21 bits per heavy atom. The third-order valence-electron chi connectivity index (χ3n) is 3.11. The van der Waals surface area contributed by atoms with Gasteiger partial charge in [0.2, 0.25) is 0 Å². The molecular formula is C12H10F3N3O. The lowest BCUT2D eigenvalue weighted by atomic mass is 10.2. The maximum atomic E-state index is 12.6. The number of rotatable bonds is 1. The zero-order valence-electron chi connectivity index (χ0n) is 9.71. The fourth-order valence-electron chi connectivity index (χ4n) is 2.16. The number of alkyl halides is 3. The van der Waals surface area contributed by atoms with E-state index in [-0.39, 0.29) is 11.2 Å². The van der Waals surface area contributed by atoms with Gasteiger partial charge in [-0.1, -0.05) is 6.07 Å². The first kappa shape index (κ1) is 12.0. The standard InChI is InChI=1S/C12H10F3N3O/c13-12(14,15)7-2-1-3-8(4-7)18-11(19)9-5-16-6-10(9)17-18/h1-4,16-17H,5-6H2. The van der Waals surface area contributed by atoms with E-state index in [1.54, 1.807) is 0 Å². The van der Waals surface area contributed by atoms with Gasteiger partial charge in [0.05, 0.1) is 22.5 Å². The minimum Gasteiger partial charge on any atom is -0.307 e. The average Bonchev–Trinajstić information content (AvgIpc) is 2.92. The van der Waals surface area contributed by atoms with Gasteiger partial charge in [0.15, 0.2) is 0 Å². The molecule has 1 aromatic carbocycles. The minimum atomic E-state index is -4.42. The number of aromatic nitrogens is 2. The highest BCUT2D eigenvalue weighted by Crippen LogP contribution is 2.30. The van der Waals surface area contributed by atoms with Crippen LogP contribution in [0.3, 0.4) is 0 Å². The highest BCUT2D eigenvalue weighted by atomic mass is 19.4. The van der Waals surface area contributed by atoms with Gasteiger partial charge in [-0.3, -0.25) is 9.89 Å². The number of halogens is 3. The van der Waals surface area contributed by atoms with Crippen LogP contribution in [0.4, 0.5) is 13.2 Å². The van der Waals surface area contributed by atoms with Crippen LogP contribution >= 0.6 is 0 Å². The van der Waals surface area contributed by atoms with E-state index < -0.39 is 11.7 Å². The SMILES string of the molecule is O=c1c2c([nH]n1-c1cccc(C(F)(F)F)c1)CNC2. The van der Waals surface area contributed by atoms with Crippen molar-refractivity contribution in [3.05, 3.63) is 51.4 Å². The lowest BCUT2D eigenvalue weighted by molar-refractivity contribution is -0.137. The number of hydrogen-bond acceptors (Lipinski definition) is 2. The zero-order valence-corrected chi connectivity index (χ0v) is 9.71. The number of aromatic amines is 1. The van der Waals surface area contributed by atoms with Crippen molar-refractivity contribution < 1.29 is 13.2 Å². The molecule has 4 nitrogen and oxygen atoms in total. The molecule has 0 unspecified atom stereocenters. The summed E-state index contributed by atoms with van der Waals surface area (Å²) in [5, 5.41) is 5.83. The summed E-state index contributed by atoms with van der Waals surface area (Å²) in [6, 6.07) is 4.69. The van der Waals surface area contributed by atoms with Gasteiger partial charge in [0, 0.05) is 13.1 Å². The smallest absolute Gasteiger partial charge is 0.307 e. The molecule has 2 heterocycles. The number of nitrogens with one attached hydrogen (secondary N) is 2. The molecule has 0 amide bonds. The fourth-order valence-corrected chi connectivity index (χ4v) is 2.16. The first-order chi connectivity index (χ1) is 8.97. The van der Waals surface area contributed by atoms with Crippen molar-refractivity contribution >= 4 is 0 Å². The molecule has 0 fully saturated rings. The topological polar surface area (TPSA) is 49.8 Å². The average molecular weight is 269 g/mol. The van der Waals surface area contributed by atoms with Crippen LogP contribution in [0.1, 0.15) is 16.8 Å². The van der Waals surface area contributed by atoms with E-state index in [1.807, 2.05) is 0 Å².